The molecule has 0 aromatic rings. The quantitative estimate of drug-likeness (QED) is 0.382. The van der Waals surface area contributed by atoms with Crippen molar-refractivity contribution in [1.82, 2.24) is 10.6 Å². The number of carbonyl (C=O) groups is 1. The summed E-state index contributed by atoms with van der Waals surface area (Å²) in [6.07, 6.45) is 0.373. The van der Waals surface area contributed by atoms with Crippen molar-refractivity contribution in [3.63, 3.8) is 0 Å². The second-order valence-electron chi connectivity index (χ2n) is 3.26. The number of hydrogen-bond donors (Lipinski definition) is 4. The number of aliphatic hydroxyl groups excluding tert-OH is 1. The summed E-state index contributed by atoms with van der Waals surface area (Å²) in [4.78, 5) is 10.7. The van der Waals surface area contributed by atoms with Gasteiger partial charge in [0.1, 0.15) is 0 Å². The van der Waals surface area contributed by atoms with Gasteiger partial charge in [-0.1, -0.05) is 0 Å². The lowest BCUT2D eigenvalue weighted by molar-refractivity contribution is -0.120. The van der Waals surface area contributed by atoms with Crippen LogP contribution in [0, 0.1) is 0 Å². The first-order valence-corrected chi connectivity index (χ1v) is 4.26. The van der Waals surface area contributed by atoms with Crippen molar-refractivity contribution >= 4 is 5.91 Å². The van der Waals surface area contributed by atoms with E-state index in [0.29, 0.717) is 13.0 Å². The molecule has 0 aromatic heterocycles. The first-order valence-electron chi connectivity index (χ1n) is 4.26. The van der Waals surface area contributed by atoms with Crippen LogP contribution in [-0.4, -0.2) is 48.5 Å². The van der Waals surface area contributed by atoms with Crippen LogP contribution in [0.5, 0.6) is 0 Å². The highest BCUT2D eigenvalue weighted by Crippen LogP contribution is 1.97. The maximum Gasteiger partial charge on any atom is 0.221 e. The number of amides is 1. The summed E-state index contributed by atoms with van der Waals surface area (Å²) >= 11 is 0. The lowest BCUT2D eigenvalue weighted by atomic mass is 10.1. The standard InChI is InChI=1S/C8H18N2O3/c1-8(13,6-11)5-10-4-3-7(12)9-2/h10-11,13H,3-6H2,1-2H3,(H,9,12). The predicted octanol–water partition coefficient (Wildman–Crippen LogP) is -1.54. The normalized spacial score (nSPS) is 15.1. The molecule has 0 saturated heterocycles. The van der Waals surface area contributed by atoms with Crippen LogP contribution in [-0.2, 0) is 4.79 Å². The van der Waals surface area contributed by atoms with E-state index in [-0.39, 0.29) is 19.1 Å². The Hall–Kier alpha value is -0.650. The number of nitrogens with one attached hydrogen (secondary N) is 2. The Morgan fingerprint density at radius 3 is 2.62 bits per heavy atom. The van der Waals surface area contributed by atoms with Crippen LogP contribution in [0.25, 0.3) is 0 Å². The minimum atomic E-state index is -1.11. The summed E-state index contributed by atoms with van der Waals surface area (Å²) < 4.78 is 0. The van der Waals surface area contributed by atoms with Gasteiger partial charge in [-0.2, -0.15) is 0 Å². The predicted molar refractivity (Wildman–Crippen MR) is 49.3 cm³/mol. The Morgan fingerprint density at radius 1 is 1.54 bits per heavy atom. The molecular weight excluding hydrogens is 172 g/mol. The maximum absolute atomic E-state index is 10.7. The van der Waals surface area contributed by atoms with Gasteiger partial charge in [-0.15, -0.1) is 0 Å². The molecule has 5 nitrogen and oxygen atoms in total. The molecule has 0 aromatic carbocycles. The van der Waals surface area contributed by atoms with Crippen molar-refractivity contribution in [2.75, 3.05) is 26.7 Å². The highest BCUT2D eigenvalue weighted by Gasteiger charge is 2.17. The fourth-order valence-electron chi connectivity index (χ4n) is 0.740. The molecule has 4 N–H and O–H groups in total. The van der Waals surface area contributed by atoms with Crippen molar-refractivity contribution in [2.24, 2.45) is 0 Å². The monoisotopic (exact) mass is 190 g/mol. The van der Waals surface area contributed by atoms with Gasteiger partial charge in [0.15, 0.2) is 0 Å². The first kappa shape index (κ1) is 12.3. The van der Waals surface area contributed by atoms with E-state index in [1.54, 1.807) is 7.05 Å². The maximum atomic E-state index is 10.7. The zero-order valence-electron chi connectivity index (χ0n) is 8.13. The summed E-state index contributed by atoms with van der Waals surface area (Å²) in [5.74, 6) is -0.0452. The third-order valence-corrected chi connectivity index (χ3v) is 1.65. The average molecular weight is 190 g/mol. The summed E-state index contributed by atoms with van der Waals surface area (Å²) in [5.41, 5.74) is -1.11. The van der Waals surface area contributed by atoms with Gasteiger partial charge in [-0.25, -0.2) is 0 Å². The molecule has 1 atom stereocenters. The Morgan fingerprint density at radius 2 is 2.15 bits per heavy atom. The van der Waals surface area contributed by atoms with Crippen molar-refractivity contribution in [2.45, 2.75) is 18.9 Å². The highest BCUT2D eigenvalue weighted by atomic mass is 16.3. The molecular formula is C8H18N2O3. The molecule has 5 heteroatoms. The largest absolute Gasteiger partial charge is 0.393 e. The number of rotatable bonds is 6. The van der Waals surface area contributed by atoms with Crippen LogP contribution in [0.15, 0.2) is 0 Å². The smallest absolute Gasteiger partial charge is 0.221 e. The van der Waals surface area contributed by atoms with Gasteiger partial charge >= 0.3 is 0 Å². The lowest BCUT2D eigenvalue weighted by Gasteiger charge is -2.20. The molecule has 0 radical (unpaired) electrons. The Balaban J connectivity index is 3.41. The highest BCUT2D eigenvalue weighted by molar-refractivity contribution is 5.75. The second-order valence-corrected chi connectivity index (χ2v) is 3.26. The summed E-state index contributed by atoms with van der Waals surface area (Å²) in [7, 11) is 1.58. The molecule has 0 saturated carbocycles. The SMILES string of the molecule is CNC(=O)CCNCC(C)(O)CO. The van der Waals surface area contributed by atoms with Crippen molar-refractivity contribution in [1.29, 1.82) is 0 Å². The molecule has 0 aliphatic rings. The minimum Gasteiger partial charge on any atom is -0.393 e. The topological polar surface area (TPSA) is 81.6 Å². The van der Waals surface area contributed by atoms with E-state index < -0.39 is 5.60 Å². The van der Waals surface area contributed by atoms with Crippen LogP contribution in [0.3, 0.4) is 0 Å². The molecule has 0 rings (SSSR count). The summed E-state index contributed by atoms with van der Waals surface area (Å²) in [6.45, 7) is 2.01. The van der Waals surface area contributed by atoms with Crippen LogP contribution in [0.1, 0.15) is 13.3 Å². The van der Waals surface area contributed by atoms with Gasteiger partial charge in [0, 0.05) is 26.6 Å². The van der Waals surface area contributed by atoms with Gasteiger partial charge in [-0.3, -0.25) is 4.79 Å². The van der Waals surface area contributed by atoms with Crippen LogP contribution in [0.4, 0.5) is 0 Å². The molecule has 0 heterocycles. The third kappa shape index (κ3) is 6.51. The number of hydrogen-bond acceptors (Lipinski definition) is 4. The zero-order valence-corrected chi connectivity index (χ0v) is 8.13. The molecule has 0 bridgehead atoms. The molecule has 13 heavy (non-hydrogen) atoms. The van der Waals surface area contributed by atoms with Gasteiger partial charge in [0.2, 0.25) is 5.91 Å². The molecule has 0 spiro atoms. The van der Waals surface area contributed by atoms with E-state index in [1.165, 1.54) is 6.92 Å². The Labute approximate surface area is 78.1 Å². The van der Waals surface area contributed by atoms with Gasteiger partial charge in [-0.05, 0) is 6.92 Å². The Bertz CT molecular complexity index is 159. The molecule has 0 aliphatic carbocycles. The zero-order chi connectivity index (χ0) is 10.3. The number of aliphatic hydroxyl groups is 2. The number of carbonyl (C=O) groups excluding carboxylic acids is 1. The van der Waals surface area contributed by atoms with E-state index >= 15 is 0 Å². The fraction of sp³-hybridized carbons (Fsp3) is 0.875. The van der Waals surface area contributed by atoms with Crippen LogP contribution < -0.4 is 10.6 Å². The van der Waals surface area contributed by atoms with Crippen LogP contribution in [0.2, 0.25) is 0 Å². The van der Waals surface area contributed by atoms with Gasteiger partial charge in [0.25, 0.3) is 0 Å². The average Bonchev–Trinajstić information content (AvgIpc) is 2.12. The molecule has 0 aliphatic heterocycles. The Kier molecular flexibility index (Phi) is 5.61. The molecule has 78 valence electrons. The molecule has 1 amide bonds. The van der Waals surface area contributed by atoms with Crippen LogP contribution >= 0.6 is 0 Å². The van der Waals surface area contributed by atoms with E-state index in [0.717, 1.165) is 0 Å². The molecule has 0 fully saturated rings. The molecule has 1 unspecified atom stereocenters. The van der Waals surface area contributed by atoms with Crippen molar-refractivity contribution in [3.05, 3.63) is 0 Å². The van der Waals surface area contributed by atoms with Crippen molar-refractivity contribution in [3.8, 4) is 0 Å². The fourth-order valence-corrected chi connectivity index (χ4v) is 0.740. The van der Waals surface area contributed by atoms with Gasteiger partial charge in [0.05, 0.1) is 12.2 Å². The van der Waals surface area contributed by atoms with E-state index in [2.05, 4.69) is 10.6 Å². The lowest BCUT2D eigenvalue weighted by Crippen LogP contribution is -2.41. The van der Waals surface area contributed by atoms with Gasteiger partial charge < -0.3 is 20.8 Å². The van der Waals surface area contributed by atoms with Crippen molar-refractivity contribution < 1.29 is 15.0 Å². The minimum absolute atomic E-state index is 0.0452. The third-order valence-electron chi connectivity index (χ3n) is 1.65. The first-order chi connectivity index (χ1) is 6.02. The second kappa shape index (κ2) is 5.90. The summed E-state index contributed by atoms with van der Waals surface area (Å²) in [5, 5.41) is 23.4. The summed E-state index contributed by atoms with van der Waals surface area (Å²) in [6, 6.07) is 0. The van der Waals surface area contributed by atoms with E-state index in [9.17, 15) is 9.90 Å². The van der Waals surface area contributed by atoms with E-state index in [1.807, 2.05) is 0 Å². The van der Waals surface area contributed by atoms with E-state index in [4.69, 9.17) is 5.11 Å².